The zero-order valence-electron chi connectivity index (χ0n) is 19.5. The fourth-order valence-corrected chi connectivity index (χ4v) is 4.82. The first-order chi connectivity index (χ1) is 16.7. The molecule has 1 fully saturated rings. The average molecular weight is 580 g/mol. The Balaban J connectivity index is 0.00000361. The molecule has 2 aromatic carbocycles. The summed E-state index contributed by atoms with van der Waals surface area (Å²) in [6.45, 7) is 4.98. The number of hydrogen-bond donors (Lipinski definition) is 0. The molecule has 1 aliphatic rings. The van der Waals surface area contributed by atoms with Crippen LogP contribution in [0, 0.1) is 0 Å². The molecule has 2 heterocycles. The van der Waals surface area contributed by atoms with Crippen LogP contribution in [0.15, 0.2) is 53.3 Å². The summed E-state index contributed by atoms with van der Waals surface area (Å²) >= 11 is 12.5. The van der Waals surface area contributed by atoms with Crippen LogP contribution in [-0.2, 0) is 4.57 Å². The minimum Gasteiger partial charge on any atom is -0.778 e. The number of hydrogen-bond acceptors (Lipinski definition) is 8. The molecule has 1 aliphatic heterocycles. The van der Waals surface area contributed by atoms with E-state index in [2.05, 4.69) is 14.4 Å². The van der Waals surface area contributed by atoms with Crippen LogP contribution in [0.5, 0.6) is 5.75 Å². The molecule has 0 bridgehead atoms. The molecule has 1 saturated heterocycles. The molecule has 1 aromatic heterocycles. The molecule has 0 atom stereocenters. The summed E-state index contributed by atoms with van der Waals surface area (Å²) in [5.41, 5.74) is 0.339. The topological polar surface area (TPSA) is 110 Å². The van der Waals surface area contributed by atoms with Crippen LogP contribution in [0.4, 0.5) is 5.69 Å². The molecule has 0 N–H and O–H groups in total. The van der Waals surface area contributed by atoms with Crippen molar-refractivity contribution < 1.29 is 23.7 Å². The summed E-state index contributed by atoms with van der Waals surface area (Å²) in [6.07, 6.45) is 1.75. The molecule has 36 heavy (non-hydrogen) atoms. The smallest absolute Gasteiger partial charge is 0.778 e. The summed E-state index contributed by atoms with van der Waals surface area (Å²) < 4.78 is 21.6. The Kier molecular flexibility index (Phi) is 10.8. The van der Waals surface area contributed by atoms with Gasteiger partial charge in [0.2, 0.25) is 0 Å². The fraction of sp³-hybridized carbons (Fsp3) is 0.348. The number of piperazine rings is 1. The van der Waals surface area contributed by atoms with Crippen molar-refractivity contribution in [2.45, 2.75) is 12.8 Å². The van der Waals surface area contributed by atoms with Crippen molar-refractivity contribution in [3.63, 3.8) is 0 Å². The number of ether oxygens (including phenoxy) is 1. The summed E-state index contributed by atoms with van der Waals surface area (Å²) in [5, 5.41) is 1.68. The van der Waals surface area contributed by atoms with E-state index in [1.165, 1.54) is 12.1 Å². The minimum absolute atomic E-state index is 0. The predicted octanol–water partition coefficient (Wildman–Crippen LogP) is 2.17. The Hall–Kier alpha value is -1.00. The minimum atomic E-state index is -5.40. The Morgan fingerprint density at radius 1 is 0.972 bits per heavy atom. The zero-order chi connectivity index (χ0) is 25.0. The maximum Gasteiger partial charge on any atom is 2.00 e. The number of halogens is 2. The Labute approximate surface area is 248 Å². The van der Waals surface area contributed by atoms with Gasteiger partial charge in [0, 0.05) is 43.7 Å². The van der Waals surface area contributed by atoms with Crippen molar-refractivity contribution in [3.8, 4) is 5.75 Å². The second-order valence-corrected chi connectivity index (χ2v) is 10.0. The molecule has 0 radical (unpaired) electrons. The van der Waals surface area contributed by atoms with Crippen molar-refractivity contribution in [3.05, 3.63) is 68.9 Å². The SMILES string of the molecule is O=c1ccc2ccc(OCCCCN3CCN(c4cccc(Cl)c4Cl)CC3)cc2n1OP(=O)([O-])[O-].[Ca+2]. The largest absolute Gasteiger partial charge is 2.00 e. The monoisotopic (exact) mass is 579 g/mol. The molecule has 0 amide bonds. The standard InChI is InChI=1S/C23H26Cl2N3O6P.Ca/c24-19-4-3-5-20(23(19)25)27-13-11-26(12-14-27)10-1-2-15-33-18-8-6-17-7-9-22(29)28(21(17)16-18)34-35(30,31)32;/h3-9,16H,1-2,10-15H2,(H2,30,31,32);/q;+2/p-2. The van der Waals surface area contributed by atoms with Crippen molar-refractivity contribution in [2.24, 2.45) is 0 Å². The van der Waals surface area contributed by atoms with E-state index >= 15 is 0 Å². The van der Waals surface area contributed by atoms with E-state index in [0.29, 0.717) is 32.5 Å². The van der Waals surface area contributed by atoms with Crippen LogP contribution in [0.1, 0.15) is 12.8 Å². The second kappa shape index (κ2) is 13.2. The Bertz CT molecular complexity index is 1300. The fourth-order valence-electron chi connectivity index (χ4n) is 4.04. The molecular formula is C23H24CaCl2N3O6P. The van der Waals surface area contributed by atoms with E-state index in [1.807, 2.05) is 12.1 Å². The quantitative estimate of drug-likeness (QED) is 0.215. The van der Waals surface area contributed by atoms with Gasteiger partial charge in [-0.15, -0.1) is 4.73 Å². The summed E-state index contributed by atoms with van der Waals surface area (Å²) in [4.78, 5) is 38.7. The first-order valence-electron chi connectivity index (χ1n) is 11.1. The molecular weight excluding hydrogens is 556 g/mol. The number of fused-ring (bicyclic) bond motifs is 1. The van der Waals surface area contributed by atoms with Gasteiger partial charge >= 0.3 is 37.7 Å². The number of benzene rings is 2. The van der Waals surface area contributed by atoms with Crippen LogP contribution >= 0.6 is 31.0 Å². The Morgan fingerprint density at radius 2 is 1.69 bits per heavy atom. The van der Waals surface area contributed by atoms with Crippen molar-refractivity contribution in [2.75, 3.05) is 44.2 Å². The number of nitrogens with zero attached hydrogens (tertiary/aromatic N) is 3. The third-order valence-corrected chi connectivity index (χ3v) is 6.96. The normalized spacial score (nSPS) is 14.5. The van der Waals surface area contributed by atoms with Crippen LogP contribution < -0.4 is 29.6 Å². The molecule has 0 unspecified atom stereocenters. The third-order valence-electron chi connectivity index (χ3n) is 5.79. The summed E-state index contributed by atoms with van der Waals surface area (Å²) in [7, 11) is -5.40. The van der Waals surface area contributed by atoms with Crippen molar-refractivity contribution >= 4 is 85.4 Å². The number of pyridine rings is 1. The van der Waals surface area contributed by atoms with Gasteiger partial charge in [0.1, 0.15) is 13.6 Å². The molecule has 3 aromatic rings. The van der Waals surface area contributed by atoms with Crippen LogP contribution in [0.2, 0.25) is 10.0 Å². The van der Waals surface area contributed by atoms with Crippen molar-refractivity contribution in [1.29, 1.82) is 0 Å². The van der Waals surface area contributed by atoms with E-state index < -0.39 is 13.4 Å². The Morgan fingerprint density at radius 3 is 2.42 bits per heavy atom. The zero-order valence-corrected chi connectivity index (χ0v) is 24.1. The van der Waals surface area contributed by atoms with Crippen LogP contribution in [0.3, 0.4) is 0 Å². The van der Waals surface area contributed by atoms with E-state index in [1.54, 1.807) is 18.2 Å². The van der Waals surface area contributed by atoms with Crippen LogP contribution in [-0.4, -0.2) is 86.7 Å². The van der Waals surface area contributed by atoms with Gasteiger partial charge in [-0.25, -0.2) is 0 Å². The van der Waals surface area contributed by atoms with Crippen LogP contribution in [0.25, 0.3) is 10.9 Å². The molecule has 4 rings (SSSR count). The van der Waals surface area contributed by atoms with Gasteiger partial charge < -0.3 is 28.6 Å². The maximum atomic E-state index is 12.0. The molecule has 0 aliphatic carbocycles. The van der Waals surface area contributed by atoms with E-state index in [4.69, 9.17) is 27.9 Å². The first-order valence-corrected chi connectivity index (χ1v) is 13.3. The average Bonchev–Trinajstić information content (AvgIpc) is 2.82. The van der Waals surface area contributed by atoms with Gasteiger partial charge in [-0.2, -0.15) is 0 Å². The number of anilines is 1. The number of unbranched alkanes of at least 4 members (excludes halogenated alkanes) is 1. The van der Waals surface area contributed by atoms with Gasteiger partial charge in [0.05, 0.1) is 27.9 Å². The van der Waals surface area contributed by atoms with Gasteiger partial charge in [0.15, 0.2) is 0 Å². The molecule has 13 heteroatoms. The summed E-state index contributed by atoms with van der Waals surface area (Å²) in [6, 6.07) is 13.2. The van der Waals surface area contributed by atoms with Gasteiger partial charge in [-0.05, 0) is 49.7 Å². The van der Waals surface area contributed by atoms with Crippen molar-refractivity contribution in [1.82, 2.24) is 9.63 Å². The van der Waals surface area contributed by atoms with Gasteiger partial charge in [-0.3, -0.25) is 9.69 Å². The predicted molar refractivity (Wildman–Crippen MR) is 138 cm³/mol. The first kappa shape index (κ1) is 29.6. The van der Waals surface area contributed by atoms with Gasteiger partial charge in [-0.1, -0.05) is 29.3 Å². The van der Waals surface area contributed by atoms with E-state index in [9.17, 15) is 19.1 Å². The van der Waals surface area contributed by atoms with E-state index in [0.717, 1.165) is 57.3 Å². The molecule has 9 nitrogen and oxygen atoms in total. The molecule has 0 saturated carbocycles. The second-order valence-electron chi connectivity index (χ2n) is 8.17. The summed E-state index contributed by atoms with van der Waals surface area (Å²) in [5.74, 6) is 0.444. The maximum absolute atomic E-state index is 12.0. The molecule has 188 valence electrons. The third kappa shape index (κ3) is 7.76. The molecule has 0 spiro atoms. The van der Waals surface area contributed by atoms with E-state index in [-0.39, 0.29) is 43.3 Å². The van der Waals surface area contributed by atoms with Gasteiger partial charge in [0.25, 0.3) is 5.56 Å². The number of aromatic nitrogens is 1. The number of phosphoric acid groups is 1. The number of rotatable bonds is 9.